The molecule has 6 aromatic rings. The van der Waals surface area contributed by atoms with Crippen LogP contribution in [-0.2, 0) is 0 Å². The molecule has 6 rings (SSSR count). The Kier molecular flexibility index (Phi) is 10.5. The number of nitrogens with zero attached hydrogens (tertiary/aromatic N) is 2. The Labute approximate surface area is 307 Å². The number of aryl methyl sites for hydroxylation is 8. The fraction of sp³-hybridized carbons (Fsp3) is 0.265. The van der Waals surface area contributed by atoms with Crippen molar-refractivity contribution in [2.24, 2.45) is 5.92 Å². The molecule has 0 aliphatic heterocycles. The fourth-order valence-electron chi connectivity index (χ4n) is 7.10. The lowest BCUT2D eigenvalue weighted by atomic mass is 9.80. The molecule has 0 fully saturated rings. The normalized spacial score (nSPS) is 11.9. The Balaban J connectivity index is 1.38. The Morgan fingerprint density at radius 3 is 0.843 bits per heavy atom. The van der Waals surface area contributed by atoms with E-state index in [0.29, 0.717) is 5.92 Å². The summed E-state index contributed by atoms with van der Waals surface area (Å²) < 4.78 is 0. The quantitative estimate of drug-likeness (QED) is 0.143. The van der Waals surface area contributed by atoms with Gasteiger partial charge in [-0.3, -0.25) is 0 Å². The molecule has 0 spiro atoms. The third-order valence-corrected chi connectivity index (χ3v) is 11.2. The largest absolute Gasteiger partial charge is 0.310 e. The van der Waals surface area contributed by atoms with Crippen LogP contribution in [0.15, 0.2) is 121 Å². The summed E-state index contributed by atoms with van der Waals surface area (Å²) in [6, 6.07) is 45.8. The highest BCUT2D eigenvalue weighted by Gasteiger charge is 2.23. The summed E-state index contributed by atoms with van der Waals surface area (Å²) in [5.74, 6) is 0.763. The molecule has 51 heavy (non-hydrogen) atoms. The number of anilines is 6. The lowest BCUT2D eigenvalue weighted by molar-refractivity contribution is 0.496. The van der Waals surface area contributed by atoms with Crippen LogP contribution in [0.25, 0.3) is 0 Å². The van der Waals surface area contributed by atoms with Gasteiger partial charge in [-0.25, -0.2) is 0 Å². The first-order valence-electron chi connectivity index (χ1n) is 18.5. The van der Waals surface area contributed by atoms with E-state index < -0.39 is 0 Å². The topological polar surface area (TPSA) is 6.48 Å². The highest BCUT2D eigenvalue weighted by atomic mass is 15.1. The number of rotatable bonds is 10. The van der Waals surface area contributed by atoms with Gasteiger partial charge in [0, 0.05) is 40.0 Å². The molecule has 1 unspecified atom stereocenters. The standard InChI is InChI=1S/C49H54N2/c1-11-32(2)49(41-16-24-43(25-17-41)50(45-20-12-33(3)37(7)28-45)46-21-13-34(4)38(8)29-46)42-18-26-44(27-19-42)51(47-22-14-35(5)39(9)30-47)48-23-15-36(6)40(10)31-48/h12-32,49H,11H2,1-10H3. The molecule has 0 aliphatic rings. The molecule has 0 N–H and O–H groups in total. The monoisotopic (exact) mass is 670 g/mol. The molecule has 260 valence electrons. The first kappa shape index (κ1) is 35.7. The molecule has 1 atom stereocenters. The maximum Gasteiger partial charge on any atom is 0.0464 e. The Morgan fingerprint density at radius 1 is 0.353 bits per heavy atom. The molecule has 6 aromatic carbocycles. The molecular formula is C49H54N2. The summed E-state index contributed by atoms with van der Waals surface area (Å²) in [5.41, 5.74) is 20.2. The van der Waals surface area contributed by atoms with Gasteiger partial charge in [0.1, 0.15) is 0 Å². The van der Waals surface area contributed by atoms with Gasteiger partial charge in [-0.05, 0) is 190 Å². The van der Waals surface area contributed by atoms with Crippen LogP contribution in [0.2, 0.25) is 0 Å². The highest BCUT2D eigenvalue weighted by molar-refractivity contribution is 5.79. The molecule has 0 heterocycles. The minimum atomic E-state index is 0.284. The van der Waals surface area contributed by atoms with Gasteiger partial charge in [-0.15, -0.1) is 0 Å². The van der Waals surface area contributed by atoms with Gasteiger partial charge in [0.25, 0.3) is 0 Å². The van der Waals surface area contributed by atoms with E-state index in [-0.39, 0.29) is 5.92 Å². The molecule has 0 saturated carbocycles. The number of hydrogen-bond acceptors (Lipinski definition) is 2. The lowest BCUT2D eigenvalue weighted by Gasteiger charge is -2.29. The van der Waals surface area contributed by atoms with E-state index in [1.54, 1.807) is 0 Å². The molecule has 0 aliphatic carbocycles. The minimum Gasteiger partial charge on any atom is -0.310 e. The molecule has 0 aromatic heterocycles. The second-order valence-electron chi connectivity index (χ2n) is 14.8. The van der Waals surface area contributed by atoms with Crippen molar-refractivity contribution in [2.45, 2.75) is 81.6 Å². The fourth-order valence-corrected chi connectivity index (χ4v) is 7.10. The van der Waals surface area contributed by atoms with E-state index >= 15 is 0 Å². The van der Waals surface area contributed by atoms with E-state index in [9.17, 15) is 0 Å². The van der Waals surface area contributed by atoms with Gasteiger partial charge >= 0.3 is 0 Å². The van der Waals surface area contributed by atoms with E-state index in [0.717, 1.165) is 6.42 Å². The van der Waals surface area contributed by atoms with E-state index in [1.807, 2.05) is 0 Å². The van der Waals surface area contributed by atoms with Crippen molar-refractivity contribution in [1.82, 2.24) is 0 Å². The van der Waals surface area contributed by atoms with Crippen molar-refractivity contribution in [1.29, 1.82) is 0 Å². The highest BCUT2D eigenvalue weighted by Crippen LogP contribution is 2.41. The van der Waals surface area contributed by atoms with Crippen LogP contribution >= 0.6 is 0 Å². The van der Waals surface area contributed by atoms with Crippen LogP contribution in [0.3, 0.4) is 0 Å². The molecule has 0 radical (unpaired) electrons. The third kappa shape index (κ3) is 7.52. The van der Waals surface area contributed by atoms with Crippen LogP contribution in [0.1, 0.15) is 81.8 Å². The first-order chi connectivity index (χ1) is 24.4. The summed E-state index contributed by atoms with van der Waals surface area (Å²) in [6.07, 6.45) is 1.10. The van der Waals surface area contributed by atoms with Crippen LogP contribution in [0, 0.1) is 61.3 Å². The van der Waals surface area contributed by atoms with Gasteiger partial charge in [-0.1, -0.05) is 68.8 Å². The van der Waals surface area contributed by atoms with Crippen molar-refractivity contribution in [2.75, 3.05) is 9.80 Å². The van der Waals surface area contributed by atoms with E-state index in [1.165, 1.54) is 89.8 Å². The third-order valence-electron chi connectivity index (χ3n) is 11.2. The summed E-state index contributed by atoms with van der Waals surface area (Å²) in [7, 11) is 0. The number of hydrogen-bond donors (Lipinski definition) is 0. The van der Waals surface area contributed by atoms with Crippen molar-refractivity contribution in [3.05, 3.63) is 177 Å². The molecule has 0 bridgehead atoms. The van der Waals surface area contributed by atoms with Gasteiger partial charge < -0.3 is 9.80 Å². The maximum atomic E-state index is 2.39. The van der Waals surface area contributed by atoms with Gasteiger partial charge in [-0.2, -0.15) is 0 Å². The second kappa shape index (κ2) is 15.0. The zero-order valence-corrected chi connectivity index (χ0v) is 32.3. The number of benzene rings is 6. The average Bonchev–Trinajstić information content (AvgIpc) is 3.12. The summed E-state index contributed by atoms with van der Waals surface area (Å²) in [6.45, 7) is 22.2. The van der Waals surface area contributed by atoms with Gasteiger partial charge in [0.15, 0.2) is 0 Å². The molecule has 0 saturated heterocycles. The van der Waals surface area contributed by atoms with Crippen LogP contribution in [-0.4, -0.2) is 0 Å². The Morgan fingerprint density at radius 2 is 0.608 bits per heavy atom. The van der Waals surface area contributed by atoms with Gasteiger partial charge in [0.05, 0.1) is 0 Å². The van der Waals surface area contributed by atoms with Gasteiger partial charge in [0.2, 0.25) is 0 Å². The second-order valence-corrected chi connectivity index (χ2v) is 14.8. The summed E-state index contributed by atoms with van der Waals surface area (Å²) in [5, 5.41) is 0. The van der Waals surface area contributed by atoms with Crippen molar-refractivity contribution in [3.8, 4) is 0 Å². The van der Waals surface area contributed by atoms with E-state index in [2.05, 4.69) is 200 Å². The molecule has 2 nitrogen and oxygen atoms in total. The van der Waals surface area contributed by atoms with E-state index in [4.69, 9.17) is 0 Å². The maximum absolute atomic E-state index is 2.39. The van der Waals surface area contributed by atoms with Crippen molar-refractivity contribution in [3.63, 3.8) is 0 Å². The average molecular weight is 671 g/mol. The van der Waals surface area contributed by atoms with Crippen molar-refractivity contribution < 1.29 is 0 Å². The lowest BCUT2D eigenvalue weighted by Crippen LogP contribution is -2.14. The van der Waals surface area contributed by atoms with Crippen molar-refractivity contribution >= 4 is 34.1 Å². The predicted octanol–water partition coefficient (Wildman–Crippen LogP) is 14.3. The molecule has 2 heteroatoms. The Bertz CT molecular complexity index is 1880. The SMILES string of the molecule is CCC(C)C(c1ccc(N(c2ccc(C)c(C)c2)c2ccc(C)c(C)c2)cc1)c1ccc(N(c2ccc(C)c(C)c2)c2ccc(C)c(C)c2)cc1. The smallest absolute Gasteiger partial charge is 0.0464 e. The molecular weight excluding hydrogens is 617 g/mol. The van der Waals surface area contributed by atoms with Crippen LogP contribution in [0.4, 0.5) is 34.1 Å². The summed E-state index contributed by atoms with van der Waals surface area (Å²) >= 11 is 0. The zero-order chi connectivity index (χ0) is 36.4. The predicted molar refractivity (Wildman–Crippen MR) is 221 cm³/mol. The first-order valence-corrected chi connectivity index (χ1v) is 18.5. The van der Waals surface area contributed by atoms with Crippen LogP contribution in [0.5, 0.6) is 0 Å². The molecule has 0 amide bonds. The minimum absolute atomic E-state index is 0.284. The Hall–Kier alpha value is -5.08. The zero-order valence-electron chi connectivity index (χ0n) is 32.3. The van der Waals surface area contributed by atoms with Crippen LogP contribution < -0.4 is 9.80 Å². The summed E-state index contributed by atoms with van der Waals surface area (Å²) in [4.78, 5) is 4.79.